The first-order valence-electron chi connectivity index (χ1n) is 11.8. The van der Waals surface area contributed by atoms with Crippen molar-refractivity contribution < 1.29 is 14.3 Å². The van der Waals surface area contributed by atoms with Crippen LogP contribution in [0.3, 0.4) is 0 Å². The summed E-state index contributed by atoms with van der Waals surface area (Å²) in [6.45, 7) is 8.91. The number of amides is 2. The third kappa shape index (κ3) is 4.97. The Hall–Kier alpha value is -3.15. The van der Waals surface area contributed by atoms with Crippen molar-refractivity contribution in [1.29, 1.82) is 0 Å². The minimum Gasteiger partial charge on any atom is -0.355 e. The fraction of sp³-hybridized carbons (Fsp3) is 0.310. The summed E-state index contributed by atoms with van der Waals surface area (Å²) in [6, 6.07) is 23.3. The number of hydrogen-bond acceptors (Lipinski definition) is 3. The van der Waals surface area contributed by atoms with Crippen molar-refractivity contribution >= 4 is 23.4 Å². The van der Waals surface area contributed by atoms with Crippen LogP contribution >= 0.6 is 11.6 Å². The third-order valence-corrected chi connectivity index (χ3v) is 6.61. The van der Waals surface area contributed by atoms with E-state index in [9.17, 15) is 9.59 Å². The molecule has 0 aromatic heterocycles. The van der Waals surface area contributed by atoms with Gasteiger partial charge in [-0.05, 0) is 34.7 Å². The summed E-state index contributed by atoms with van der Waals surface area (Å²) in [5.74, 6) is -0.282. The standard InChI is InChI=1S/C29H31ClN2O3/c1-20(33)31-17-18-32-27(34)25-7-5-6-8-26(25)29(32,23-13-15-24(30)16-14-23)35-19-21-9-11-22(12-10-21)28(2,3)4/h5-16H,17-19H2,1-4H3,(H,31,33). The van der Waals surface area contributed by atoms with Crippen LogP contribution in [0.25, 0.3) is 0 Å². The molecule has 0 fully saturated rings. The Labute approximate surface area is 212 Å². The number of benzene rings is 3. The first kappa shape index (κ1) is 25.0. The van der Waals surface area contributed by atoms with E-state index in [-0.39, 0.29) is 17.2 Å². The maximum absolute atomic E-state index is 13.6. The molecule has 1 atom stereocenters. The maximum atomic E-state index is 13.6. The molecule has 0 radical (unpaired) electrons. The SMILES string of the molecule is CC(=O)NCCN1C(=O)c2ccccc2C1(OCc1ccc(C(C)(C)C)cc1)c1ccc(Cl)cc1. The molecule has 0 bridgehead atoms. The van der Waals surface area contributed by atoms with Gasteiger partial charge >= 0.3 is 0 Å². The van der Waals surface area contributed by atoms with Crippen LogP contribution in [0.2, 0.25) is 5.02 Å². The lowest BCUT2D eigenvalue weighted by atomic mass is 9.87. The fourth-order valence-corrected chi connectivity index (χ4v) is 4.64. The van der Waals surface area contributed by atoms with E-state index >= 15 is 0 Å². The van der Waals surface area contributed by atoms with Crippen molar-refractivity contribution in [2.24, 2.45) is 0 Å². The highest BCUT2D eigenvalue weighted by atomic mass is 35.5. The molecule has 2 amide bonds. The Morgan fingerprint density at radius 3 is 2.29 bits per heavy atom. The van der Waals surface area contributed by atoms with E-state index in [1.807, 2.05) is 36.4 Å². The molecule has 1 N–H and O–H groups in total. The normalized spacial score (nSPS) is 17.4. The number of fused-ring (bicyclic) bond motifs is 1. The highest BCUT2D eigenvalue weighted by Crippen LogP contribution is 2.46. The molecule has 1 unspecified atom stereocenters. The molecule has 3 aromatic rings. The molecule has 0 saturated heterocycles. The van der Waals surface area contributed by atoms with E-state index < -0.39 is 5.72 Å². The summed E-state index contributed by atoms with van der Waals surface area (Å²) in [4.78, 5) is 26.8. The van der Waals surface area contributed by atoms with Crippen molar-refractivity contribution in [3.63, 3.8) is 0 Å². The zero-order valence-electron chi connectivity index (χ0n) is 20.6. The summed E-state index contributed by atoms with van der Waals surface area (Å²) >= 11 is 6.20. The van der Waals surface area contributed by atoms with Crippen molar-refractivity contribution in [2.45, 2.75) is 45.4 Å². The van der Waals surface area contributed by atoms with Gasteiger partial charge in [-0.25, -0.2) is 0 Å². The van der Waals surface area contributed by atoms with E-state index in [2.05, 4.69) is 50.4 Å². The molecule has 1 aliphatic rings. The second-order valence-corrected chi connectivity index (χ2v) is 10.3. The number of carbonyl (C=O) groups is 2. The van der Waals surface area contributed by atoms with Gasteiger partial charge in [-0.1, -0.05) is 87.0 Å². The summed E-state index contributed by atoms with van der Waals surface area (Å²) in [7, 11) is 0. The van der Waals surface area contributed by atoms with Gasteiger partial charge in [-0.3, -0.25) is 9.59 Å². The average Bonchev–Trinajstić information content (AvgIpc) is 3.06. The molecule has 182 valence electrons. The summed E-state index contributed by atoms with van der Waals surface area (Å²) in [6.07, 6.45) is 0. The van der Waals surface area contributed by atoms with E-state index in [1.54, 1.807) is 17.0 Å². The predicted molar refractivity (Wildman–Crippen MR) is 138 cm³/mol. The largest absolute Gasteiger partial charge is 0.355 e. The van der Waals surface area contributed by atoms with Crippen LogP contribution in [0.1, 0.15) is 60.3 Å². The number of nitrogens with zero attached hydrogens (tertiary/aromatic N) is 1. The van der Waals surface area contributed by atoms with Gasteiger partial charge in [-0.2, -0.15) is 0 Å². The van der Waals surface area contributed by atoms with Gasteiger partial charge in [0.25, 0.3) is 5.91 Å². The zero-order chi connectivity index (χ0) is 25.2. The Morgan fingerprint density at radius 2 is 1.66 bits per heavy atom. The zero-order valence-corrected chi connectivity index (χ0v) is 21.4. The number of nitrogens with one attached hydrogen (secondary N) is 1. The summed E-state index contributed by atoms with van der Waals surface area (Å²) in [5.41, 5.74) is 3.32. The molecule has 3 aromatic carbocycles. The molecule has 1 heterocycles. The Balaban J connectivity index is 1.77. The second kappa shape index (κ2) is 9.84. The van der Waals surface area contributed by atoms with Gasteiger partial charge in [0, 0.05) is 41.7 Å². The molecule has 4 rings (SSSR count). The van der Waals surface area contributed by atoms with Crippen LogP contribution in [0.5, 0.6) is 0 Å². The van der Waals surface area contributed by atoms with E-state index in [4.69, 9.17) is 16.3 Å². The molecular formula is C29H31ClN2O3. The minimum atomic E-state index is -1.15. The molecular weight excluding hydrogens is 460 g/mol. The molecule has 5 nitrogen and oxygen atoms in total. The maximum Gasteiger partial charge on any atom is 0.257 e. The van der Waals surface area contributed by atoms with Crippen molar-refractivity contribution in [3.05, 3.63) is 106 Å². The van der Waals surface area contributed by atoms with Gasteiger partial charge in [0.1, 0.15) is 0 Å². The van der Waals surface area contributed by atoms with Crippen molar-refractivity contribution in [3.8, 4) is 0 Å². The predicted octanol–water partition coefficient (Wildman–Crippen LogP) is 5.65. The Kier molecular flexibility index (Phi) is 7.02. The van der Waals surface area contributed by atoms with Gasteiger partial charge < -0.3 is 15.0 Å². The first-order valence-corrected chi connectivity index (χ1v) is 12.2. The fourth-order valence-electron chi connectivity index (χ4n) is 4.52. The van der Waals surface area contributed by atoms with Crippen LogP contribution in [0, 0.1) is 0 Å². The van der Waals surface area contributed by atoms with E-state index in [0.29, 0.717) is 30.3 Å². The van der Waals surface area contributed by atoms with Crippen LogP contribution < -0.4 is 5.32 Å². The lowest BCUT2D eigenvalue weighted by molar-refractivity contribution is -0.122. The van der Waals surface area contributed by atoms with Crippen LogP contribution in [0.4, 0.5) is 0 Å². The molecule has 0 spiro atoms. The van der Waals surface area contributed by atoms with Crippen LogP contribution in [0.15, 0.2) is 72.8 Å². The van der Waals surface area contributed by atoms with Gasteiger partial charge in [0.15, 0.2) is 5.72 Å². The van der Waals surface area contributed by atoms with Crippen LogP contribution in [-0.2, 0) is 27.3 Å². The van der Waals surface area contributed by atoms with Crippen LogP contribution in [-0.4, -0.2) is 29.8 Å². The lowest BCUT2D eigenvalue weighted by Gasteiger charge is -2.39. The lowest BCUT2D eigenvalue weighted by Crippen LogP contribution is -2.49. The van der Waals surface area contributed by atoms with Gasteiger partial charge in [0.05, 0.1) is 6.61 Å². The highest BCUT2D eigenvalue weighted by Gasteiger charge is 2.51. The topological polar surface area (TPSA) is 58.6 Å². The monoisotopic (exact) mass is 490 g/mol. The number of carbonyl (C=O) groups excluding carboxylic acids is 2. The van der Waals surface area contributed by atoms with E-state index in [1.165, 1.54) is 12.5 Å². The molecule has 0 saturated carbocycles. The summed E-state index contributed by atoms with van der Waals surface area (Å²) < 4.78 is 6.74. The Bertz CT molecular complexity index is 1220. The van der Waals surface area contributed by atoms with Gasteiger partial charge in [0.2, 0.25) is 5.91 Å². The number of hydrogen-bond donors (Lipinski definition) is 1. The van der Waals surface area contributed by atoms with Gasteiger partial charge in [-0.15, -0.1) is 0 Å². The smallest absolute Gasteiger partial charge is 0.257 e. The second-order valence-electron chi connectivity index (χ2n) is 9.87. The number of ether oxygens (including phenoxy) is 1. The first-order chi connectivity index (χ1) is 16.6. The number of rotatable bonds is 7. The molecule has 35 heavy (non-hydrogen) atoms. The summed E-state index contributed by atoms with van der Waals surface area (Å²) in [5, 5.41) is 3.40. The highest BCUT2D eigenvalue weighted by molar-refractivity contribution is 6.30. The van der Waals surface area contributed by atoms with Crippen molar-refractivity contribution in [2.75, 3.05) is 13.1 Å². The van der Waals surface area contributed by atoms with Crippen molar-refractivity contribution in [1.82, 2.24) is 10.2 Å². The number of halogens is 1. The average molecular weight is 491 g/mol. The quantitative estimate of drug-likeness (QED) is 0.465. The molecule has 6 heteroatoms. The van der Waals surface area contributed by atoms with E-state index in [0.717, 1.165) is 16.7 Å². The minimum absolute atomic E-state index is 0.0568. The molecule has 0 aliphatic carbocycles. The molecule has 1 aliphatic heterocycles. The third-order valence-electron chi connectivity index (χ3n) is 6.36. The Morgan fingerprint density at radius 1 is 1.00 bits per heavy atom.